The van der Waals surface area contributed by atoms with Gasteiger partial charge in [0.2, 0.25) is 0 Å². The molecule has 0 fully saturated rings. The summed E-state index contributed by atoms with van der Waals surface area (Å²) >= 11 is 1.67. The van der Waals surface area contributed by atoms with Gasteiger partial charge in [0.05, 0.1) is 6.61 Å². The molecule has 19 heavy (non-hydrogen) atoms. The number of hydrogen-bond donors (Lipinski definition) is 1. The highest BCUT2D eigenvalue weighted by Crippen LogP contribution is 2.26. The Labute approximate surface area is 117 Å². The summed E-state index contributed by atoms with van der Waals surface area (Å²) in [5.41, 5.74) is 1.28. The molecule has 1 N–H and O–H groups in total. The third-order valence-corrected chi connectivity index (χ3v) is 4.02. The molecule has 1 aromatic carbocycles. The van der Waals surface area contributed by atoms with Crippen LogP contribution in [0, 0.1) is 0 Å². The molecule has 0 bridgehead atoms. The van der Waals surface area contributed by atoms with E-state index >= 15 is 0 Å². The highest BCUT2D eigenvalue weighted by Gasteiger charge is 2.13. The van der Waals surface area contributed by atoms with Crippen molar-refractivity contribution in [1.82, 2.24) is 15.5 Å². The van der Waals surface area contributed by atoms with E-state index in [1.165, 1.54) is 5.56 Å². The van der Waals surface area contributed by atoms with Crippen LogP contribution in [0.25, 0.3) is 0 Å². The predicted molar refractivity (Wildman–Crippen MR) is 77.5 cm³/mol. The Morgan fingerprint density at radius 2 is 2.05 bits per heavy atom. The molecule has 0 aliphatic heterocycles. The maximum atomic E-state index is 4.99. The molecule has 102 valence electrons. The molecule has 5 heteroatoms. The maximum Gasteiger partial charge on any atom is 0.131 e. The van der Waals surface area contributed by atoms with Gasteiger partial charge in [-0.2, -0.15) is 0 Å². The number of hydrogen-bond acceptors (Lipinski definition) is 5. The van der Waals surface area contributed by atoms with Gasteiger partial charge in [-0.1, -0.05) is 48.6 Å². The van der Waals surface area contributed by atoms with Crippen LogP contribution in [0.15, 0.2) is 30.3 Å². The second-order valence-corrected chi connectivity index (χ2v) is 5.43. The third-order valence-electron chi connectivity index (χ3n) is 2.91. The van der Waals surface area contributed by atoms with Crippen LogP contribution in [-0.2, 0) is 11.3 Å². The fourth-order valence-corrected chi connectivity index (χ4v) is 2.66. The van der Waals surface area contributed by atoms with E-state index in [1.807, 2.05) is 6.07 Å². The molecule has 0 saturated carbocycles. The summed E-state index contributed by atoms with van der Waals surface area (Å²) in [6.07, 6.45) is 0. The van der Waals surface area contributed by atoms with Crippen LogP contribution >= 0.6 is 11.3 Å². The van der Waals surface area contributed by atoms with Crippen molar-refractivity contribution in [2.24, 2.45) is 0 Å². The van der Waals surface area contributed by atoms with E-state index in [1.54, 1.807) is 18.4 Å². The minimum Gasteiger partial charge on any atom is -0.383 e. The van der Waals surface area contributed by atoms with E-state index in [2.05, 4.69) is 46.7 Å². The standard InChI is InChI=1S/C14H19N3OS/c1-11(12-6-4-3-5-7-12)14-17-16-13(19-14)10-15-8-9-18-2/h3-7,11,15H,8-10H2,1-2H3. The smallest absolute Gasteiger partial charge is 0.131 e. The van der Waals surface area contributed by atoms with Gasteiger partial charge in [-0.15, -0.1) is 10.2 Å². The molecule has 1 aromatic heterocycles. The van der Waals surface area contributed by atoms with E-state index in [0.717, 1.165) is 23.1 Å². The van der Waals surface area contributed by atoms with Gasteiger partial charge in [-0.25, -0.2) is 0 Å². The SMILES string of the molecule is COCCNCc1nnc(C(C)c2ccccc2)s1. The van der Waals surface area contributed by atoms with Gasteiger partial charge in [0.25, 0.3) is 0 Å². The molecule has 1 heterocycles. The predicted octanol–water partition coefficient (Wildman–Crippen LogP) is 2.43. The lowest BCUT2D eigenvalue weighted by molar-refractivity contribution is 0.199. The summed E-state index contributed by atoms with van der Waals surface area (Å²) in [6, 6.07) is 10.4. The molecule has 1 unspecified atom stereocenters. The van der Waals surface area contributed by atoms with Gasteiger partial charge in [0.15, 0.2) is 0 Å². The molecule has 0 saturated heterocycles. The van der Waals surface area contributed by atoms with E-state index in [0.29, 0.717) is 12.5 Å². The molecule has 0 radical (unpaired) electrons. The number of aromatic nitrogens is 2. The van der Waals surface area contributed by atoms with Gasteiger partial charge < -0.3 is 10.1 Å². The van der Waals surface area contributed by atoms with Crippen molar-refractivity contribution in [2.75, 3.05) is 20.3 Å². The maximum absolute atomic E-state index is 4.99. The molecule has 2 rings (SSSR count). The molecule has 2 aromatic rings. The molecular weight excluding hydrogens is 258 g/mol. The van der Waals surface area contributed by atoms with Gasteiger partial charge in [0, 0.05) is 26.1 Å². The number of benzene rings is 1. The van der Waals surface area contributed by atoms with Crippen LogP contribution in [0.3, 0.4) is 0 Å². The number of ether oxygens (including phenoxy) is 1. The van der Waals surface area contributed by atoms with Crippen molar-refractivity contribution in [3.05, 3.63) is 45.9 Å². The van der Waals surface area contributed by atoms with Crippen LogP contribution in [0.5, 0.6) is 0 Å². The second-order valence-electron chi connectivity index (χ2n) is 4.34. The van der Waals surface area contributed by atoms with Crippen LogP contribution in [-0.4, -0.2) is 30.5 Å². The molecule has 1 atom stereocenters. The van der Waals surface area contributed by atoms with Crippen molar-refractivity contribution < 1.29 is 4.74 Å². The zero-order chi connectivity index (χ0) is 13.5. The quantitative estimate of drug-likeness (QED) is 0.790. The van der Waals surface area contributed by atoms with Crippen molar-refractivity contribution >= 4 is 11.3 Å². The number of rotatable bonds is 7. The van der Waals surface area contributed by atoms with Gasteiger partial charge in [0.1, 0.15) is 10.0 Å². The fraction of sp³-hybridized carbons (Fsp3) is 0.429. The van der Waals surface area contributed by atoms with E-state index in [-0.39, 0.29) is 0 Å². The molecule has 0 amide bonds. The highest BCUT2D eigenvalue weighted by atomic mass is 32.1. The first-order valence-electron chi connectivity index (χ1n) is 6.38. The molecule has 0 aliphatic carbocycles. The molecular formula is C14H19N3OS. The Morgan fingerprint density at radius 3 is 2.79 bits per heavy atom. The first kappa shape index (κ1) is 14.1. The molecule has 0 aliphatic rings. The second kappa shape index (κ2) is 7.33. The topological polar surface area (TPSA) is 47.0 Å². The summed E-state index contributed by atoms with van der Waals surface area (Å²) in [6.45, 7) is 4.46. The minimum absolute atomic E-state index is 0.298. The molecule has 4 nitrogen and oxygen atoms in total. The van der Waals surface area contributed by atoms with Gasteiger partial charge in [-0.3, -0.25) is 0 Å². The zero-order valence-electron chi connectivity index (χ0n) is 11.3. The lowest BCUT2D eigenvalue weighted by atomic mass is 10.0. The lowest BCUT2D eigenvalue weighted by Gasteiger charge is -2.06. The zero-order valence-corrected chi connectivity index (χ0v) is 12.1. The summed E-state index contributed by atoms with van der Waals surface area (Å²) in [5.74, 6) is 0.298. The Bertz CT molecular complexity index is 486. The number of nitrogens with zero attached hydrogens (tertiary/aromatic N) is 2. The Kier molecular flexibility index (Phi) is 5.44. The van der Waals surface area contributed by atoms with Crippen molar-refractivity contribution in [2.45, 2.75) is 19.4 Å². The largest absolute Gasteiger partial charge is 0.383 e. The monoisotopic (exact) mass is 277 g/mol. The van der Waals surface area contributed by atoms with Crippen LogP contribution in [0.4, 0.5) is 0 Å². The van der Waals surface area contributed by atoms with E-state index < -0.39 is 0 Å². The average molecular weight is 277 g/mol. The van der Waals surface area contributed by atoms with Crippen molar-refractivity contribution in [1.29, 1.82) is 0 Å². The fourth-order valence-electron chi connectivity index (χ4n) is 1.77. The van der Waals surface area contributed by atoms with Gasteiger partial charge >= 0.3 is 0 Å². The summed E-state index contributed by atoms with van der Waals surface area (Å²) < 4.78 is 4.99. The first-order valence-corrected chi connectivity index (χ1v) is 7.19. The number of nitrogens with one attached hydrogen (secondary N) is 1. The van der Waals surface area contributed by atoms with Gasteiger partial charge in [-0.05, 0) is 5.56 Å². The third kappa shape index (κ3) is 4.09. The minimum atomic E-state index is 0.298. The normalized spacial score (nSPS) is 12.5. The van der Waals surface area contributed by atoms with E-state index in [4.69, 9.17) is 4.74 Å². The van der Waals surface area contributed by atoms with Crippen molar-refractivity contribution in [3.8, 4) is 0 Å². The van der Waals surface area contributed by atoms with Crippen LogP contribution in [0.2, 0.25) is 0 Å². The summed E-state index contributed by atoms with van der Waals surface area (Å²) in [5, 5.41) is 13.9. The van der Waals surface area contributed by atoms with Crippen molar-refractivity contribution in [3.63, 3.8) is 0 Å². The summed E-state index contributed by atoms with van der Waals surface area (Å²) in [4.78, 5) is 0. The summed E-state index contributed by atoms with van der Waals surface area (Å²) in [7, 11) is 1.70. The number of methoxy groups -OCH3 is 1. The first-order chi connectivity index (χ1) is 9.31. The van der Waals surface area contributed by atoms with Crippen LogP contribution in [0.1, 0.15) is 28.4 Å². The Hall–Kier alpha value is -1.30. The Morgan fingerprint density at radius 1 is 1.26 bits per heavy atom. The van der Waals surface area contributed by atoms with Crippen LogP contribution < -0.4 is 5.32 Å². The lowest BCUT2D eigenvalue weighted by Crippen LogP contribution is -2.18. The highest BCUT2D eigenvalue weighted by molar-refractivity contribution is 7.11. The average Bonchev–Trinajstić information content (AvgIpc) is 2.92. The Balaban J connectivity index is 1.93. The van der Waals surface area contributed by atoms with E-state index in [9.17, 15) is 0 Å². The molecule has 0 spiro atoms.